The van der Waals surface area contributed by atoms with Crippen LogP contribution < -0.4 is 5.32 Å². The van der Waals surface area contributed by atoms with Gasteiger partial charge in [-0.1, -0.05) is 40.8 Å². The number of anilines is 1. The monoisotopic (exact) mass is 487 g/mol. The van der Waals surface area contributed by atoms with Crippen LogP contribution in [0.15, 0.2) is 41.6 Å². The van der Waals surface area contributed by atoms with Crippen molar-refractivity contribution in [2.24, 2.45) is 0 Å². The van der Waals surface area contributed by atoms with Crippen LogP contribution in [-0.2, 0) is 16.1 Å². The molecule has 1 amide bonds. The van der Waals surface area contributed by atoms with Gasteiger partial charge in [-0.2, -0.15) is 0 Å². The van der Waals surface area contributed by atoms with E-state index in [1.807, 2.05) is 35.8 Å². The minimum Gasteiger partial charge on any atom is -0.383 e. The van der Waals surface area contributed by atoms with Gasteiger partial charge in [-0.3, -0.25) is 9.36 Å². The van der Waals surface area contributed by atoms with Gasteiger partial charge in [0.2, 0.25) is 5.91 Å². The van der Waals surface area contributed by atoms with E-state index in [1.54, 1.807) is 7.11 Å². The lowest BCUT2D eigenvalue weighted by atomic mass is 10.1. The van der Waals surface area contributed by atoms with Crippen LogP contribution in [0.1, 0.15) is 11.1 Å². The SMILES string of the molecule is COCCn1c(SCC(=O)Nc2nc3c(C)cc(C)cc3s2)nnc1-c1ccc(Cl)cc1. The number of ether oxygens (including phenoxy) is 1. The number of aryl methyl sites for hydroxylation is 2. The summed E-state index contributed by atoms with van der Waals surface area (Å²) in [4.78, 5) is 17.2. The van der Waals surface area contributed by atoms with Crippen molar-refractivity contribution in [3.63, 3.8) is 0 Å². The Bertz CT molecular complexity index is 1250. The smallest absolute Gasteiger partial charge is 0.236 e. The van der Waals surface area contributed by atoms with Crippen LogP contribution in [0.25, 0.3) is 21.6 Å². The Hall–Kier alpha value is -2.46. The zero-order valence-electron chi connectivity index (χ0n) is 17.9. The number of nitrogens with one attached hydrogen (secondary N) is 1. The first kappa shape index (κ1) is 22.7. The number of hydrogen-bond acceptors (Lipinski definition) is 7. The number of methoxy groups -OCH3 is 1. The molecule has 0 bridgehead atoms. The number of halogens is 1. The quantitative estimate of drug-likeness (QED) is 0.344. The third kappa shape index (κ3) is 5.12. The fourth-order valence-corrected chi connectivity index (χ4v) is 5.25. The molecule has 0 saturated heterocycles. The molecule has 4 aromatic rings. The second-order valence-corrected chi connectivity index (χ2v) is 9.65. The molecule has 32 heavy (non-hydrogen) atoms. The number of amides is 1. The van der Waals surface area contributed by atoms with E-state index in [4.69, 9.17) is 16.3 Å². The Morgan fingerprint density at radius 3 is 2.75 bits per heavy atom. The summed E-state index contributed by atoms with van der Waals surface area (Å²) in [7, 11) is 1.65. The third-order valence-electron chi connectivity index (χ3n) is 4.75. The summed E-state index contributed by atoms with van der Waals surface area (Å²) in [5, 5.41) is 13.4. The van der Waals surface area contributed by atoms with Crippen LogP contribution in [0, 0.1) is 13.8 Å². The van der Waals surface area contributed by atoms with Crippen LogP contribution in [0.2, 0.25) is 5.02 Å². The molecule has 2 aromatic heterocycles. The van der Waals surface area contributed by atoms with E-state index in [1.165, 1.54) is 28.7 Å². The van der Waals surface area contributed by atoms with Gasteiger partial charge in [0.05, 0.1) is 29.1 Å². The molecule has 0 saturated carbocycles. The lowest BCUT2D eigenvalue weighted by Gasteiger charge is -2.09. The fraction of sp³-hybridized carbons (Fsp3) is 0.273. The normalized spacial score (nSPS) is 11.2. The number of rotatable bonds is 8. The summed E-state index contributed by atoms with van der Waals surface area (Å²) in [6.45, 7) is 5.16. The number of carbonyl (C=O) groups excluding carboxylic acids is 1. The lowest BCUT2D eigenvalue weighted by Crippen LogP contribution is -2.15. The summed E-state index contributed by atoms with van der Waals surface area (Å²) in [5.41, 5.74) is 4.11. The van der Waals surface area contributed by atoms with E-state index < -0.39 is 0 Å². The average Bonchev–Trinajstić information content (AvgIpc) is 3.35. The van der Waals surface area contributed by atoms with Gasteiger partial charge in [-0.25, -0.2) is 4.98 Å². The fourth-order valence-electron chi connectivity index (χ4n) is 3.30. The average molecular weight is 488 g/mol. The van der Waals surface area contributed by atoms with Gasteiger partial charge >= 0.3 is 0 Å². The number of hydrogen-bond donors (Lipinski definition) is 1. The molecular formula is C22H22ClN5O2S2. The standard InChI is InChI=1S/C22H22ClN5O2S2/c1-13-10-14(2)19-17(11-13)32-21(25-19)24-18(29)12-31-22-27-26-20(28(22)8-9-30-3)15-4-6-16(23)7-5-15/h4-7,10-11H,8-9,12H2,1-3H3,(H,24,25,29). The van der Waals surface area contributed by atoms with Crippen molar-refractivity contribution in [2.75, 3.05) is 24.8 Å². The van der Waals surface area contributed by atoms with Gasteiger partial charge in [0.25, 0.3) is 0 Å². The van der Waals surface area contributed by atoms with E-state index in [0.717, 1.165) is 21.3 Å². The summed E-state index contributed by atoms with van der Waals surface area (Å²) < 4.78 is 8.26. The van der Waals surface area contributed by atoms with Crippen molar-refractivity contribution < 1.29 is 9.53 Å². The molecule has 7 nitrogen and oxygen atoms in total. The molecule has 0 aliphatic rings. The molecule has 2 heterocycles. The van der Waals surface area contributed by atoms with Crippen molar-refractivity contribution in [3.8, 4) is 11.4 Å². The van der Waals surface area contributed by atoms with Crippen LogP contribution in [0.4, 0.5) is 5.13 Å². The van der Waals surface area contributed by atoms with Crippen LogP contribution >= 0.6 is 34.7 Å². The first-order valence-corrected chi connectivity index (χ1v) is 12.1. The third-order valence-corrected chi connectivity index (χ3v) is 6.88. The highest BCUT2D eigenvalue weighted by molar-refractivity contribution is 7.99. The van der Waals surface area contributed by atoms with E-state index in [0.29, 0.717) is 34.3 Å². The van der Waals surface area contributed by atoms with E-state index in [-0.39, 0.29) is 11.7 Å². The van der Waals surface area contributed by atoms with Crippen LogP contribution in [-0.4, -0.2) is 45.1 Å². The van der Waals surface area contributed by atoms with E-state index >= 15 is 0 Å². The predicted octanol–water partition coefficient (Wildman–Crippen LogP) is 5.20. The topological polar surface area (TPSA) is 81.9 Å². The number of nitrogens with zero attached hydrogens (tertiary/aromatic N) is 4. The van der Waals surface area contributed by atoms with Gasteiger partial charge in [0.15, 0.2) is 16.1 Å². The number of carbonyl (C=O) groups is 1. The van der Waals surface area contributed by atoms with Gasteiger partial charge < -0.3 is 10.1 Å². The summed E-state index contributed by atoms with van der Waals surface area (Å²) in [6.07, 6.45) is 0. The Morgan fingerprint density at radius 1 is 1.22 bits per heavy atom. The summed E-state index contributed by atoms with van der Waals surface area (Å²) >= 11 is 8.81. The number of thiazole rings is 1. The van der Waals surface area contributed by atoms with Crippen molar-refractivity contribution in [3.05, 3.63) is 52.5 Å². The van der Waals surface area contributed by atoms with Crippen LogP contribution in [0.5, 0.6) is 0 Å². The minimum absolute atomic E-state index is 0.141. The van der Waals surface area contributed by atoms with Gasteiger partial charge in [0, 0.05) is 17.7 Å². The largest absolute Gasteiger partial charge is 0.383 e. The lowest BCUT2D eigenvalue weighted by molar-refractivity contribution is -0.113. The number of fused-ring (bicyclic) bond motifs is 1. The first-order valence-electron chi connectivity index (χ1n) is 9.93. The van der Waals surface area contributed by atoms with Gasteiger partial charge in [-0.15, -0.1) is 10.2 Å². The van der Waals surface area contributed by atoms with Crippen molar-refractivity contribution >= 4 is 56.0 Å². The van der Waals surface area contributed by atoms with E-state index in [2.05, 4.69) is 39.6 Å². The van der Waals surface area contributed by atoms with Crippen LogP contribution in [0.3, 0.4) is 0 Å². The first-order chi connectivity index (χ1) is 15.4. The molecule has 10 heteroatoms. The number of aromatic nitrogens is 4. The number of benzene rings is 2. The second kappa shape index (κ2) is 9.99. The molecule has 166 valence electrons. The Balaban J connectivity index is 1.47. The highest BCUT2D eigenvalue weighted by Crippen LogP contribution is 2.30. The molecule has 0 aliphatic heterocycles. The van der Waals surface area contributed by atoms with Gasteiger partial charge in [0.1, 0.15) is 0 Å². The maximum atomic E-state index is 12.6. The Kier molecular flexibility index (Phi) is 7.10. The maximum Gasteiger partial charge on any atom is 0.236 e. The predicted molar refractivity (Wildman–Crippen MR) is 131 cm³/mol. The zero-order chi connectivity index (χ0) is 22.7. The molecule has 0 unspecified atom stereocenters. The molecule has 0 radical (unpaired) electrons. The van der Waals surface area contributed by atoms with Crippen molar-refractivity contribution in [1.82, 2.24) is 19.7 Å². The summed E-state index contributed by atoms with van der Waals surface area (Å²) in [5.74, 6) is 0.760. The van der Waals surface area contributed by atoms with E-state index in [9.17, 15) is 4.79 Å². The molecule has 2 aromatic carbocycles. The second-order valence-electron chi connectivity index (χ2n) is 7.24. The van der Waals surface area contributed by atoms with Gasteiger partial charge in [-0.05, 0) is 55.3 Å². The molecule has 0 spiro atoms. The molecule has 4 rings (SSSR count). The summed E-state index contributed by atoms with van der Waals surface area (Å²) in [6, 6.07) is 11.6. The molecule has 0 atom stereocenters. The molecule has 0 fully saturated rings. The highest BCUT2D eigenvalue weighted by atomic mass is 35.5. The van der Waals surface area contributed by atoms with Crippen molar-refractivity contribution in [2.45, 2.75) is 25.5 Å². The zero-order valence-corrected chi connectivity index (χ0v) is 20.3. The Morgan fingerprint density at radius 2 is 2.00 bits per heavy atom. The molecular weight excluding hydrogens is 466 g/mol. The Labute approximate surface area is 199 Å². The molecule has 0 aliphatic carbocycles. The van der Waals surface area contributed by atoms with Crippen molar-refractivity contribution in [1.29, 1.82) is 0 Å². The highest BCUT2D eigenvalue weighted by Gasteiger charge is 2.17. The number of thioether (sulfide) groups is 1. The maximum absolute atomic E-state index is 12.6. The molecule has 1 N–H and O–H groups in total. The minimum atomic E-state index is -0.141.